The number of aryl methyl sites for hydroxylation is 2. The molecule has 0 saturated carbocycles. The Morgan fingerprint density at radius 1 is 1.17 bits per heavy atom. The Labute approximate surface area is 213 Å². The molecule has 0 spiro atoms. The van der Waals surface area contributed by atoms with Crippen LogP contribution in [0.3, 0.4) is 0 Å². The number of hydrogen-bond acceptors (Lipinski definition) is 7. The fourth-order valence-corrected chi connectivity index (χ4v) is 5.16. The van der Waals surface area contributed by atoms with Crippen molar-refractivity contribution in [2.45, 2.75) is 90.9 Å². The number of phenolic OH excluding ortho intramolecular Hbond substituents is 2. The predicted molar refractivity (Wildman–Crippen MR) is 139 cm³/mol. The summed E-state index contributed by atoms with van der Waals surface area (Å²) in [5, 5.41) is 28.1. The summed E-state index contributed by atoms with van der Waals surface area (Å²) >= 11 is 0. The van der Waals surface area contributed by atoms with Gasteiger partial charge in [0.05, 0.1) is 6.42 Å². The van der Waals surface area contributed by atoms with Gasteiger partial charge in [-0.05, 0) is 71.4 Å². The van der Waals surface area contributed by atoms with E-state index in [9.17, 15) is 23.4 Å². The topological polar surface area (TPSA) is 145 Å². The summed E-state index contributed by atoms with van der Waals surface area (Å²) in [7, 11) is -4.42. The van der Waals surface area contributed by atoms with Crippen LogP contribution in [-0.2, 0) is 34.1 Å². The number of benzene rings is 1. The first kappa shape index (κ1) is 29.1. The Morgan fingerprint density at radius 3 is 2.50 bits per heavy atom. The third-order valence-electron chi connectivity index (χ3n) is 5.70. The number of hydrogen-bond donors (Lipinski definition) is 4. The van der Waals surface area contributed by atoms with Crippen molar-refractivity contribution >= 4 is 15.9 Å². The number of nitrogens with zero attached hydrogens (tertiary/aromatic N) is 2. The molecule has 10 heteroatoms. The van der Waals surface area contributed by atoms with Gasteiger partial charge in [-0.15, -0.1) is 0 Å². The molecule has 0 bridgehead atoms. The van der Waals surface area contributed by atoms with Gasteiger partial charge in [-0.1, -0.05) is 43.1 Å². The lowest BCUT2D eigenvalue weighted by Gasteiger charge is -2.17. The largest absolute Gasteiger partial charge is 0.508 e. The molecule has 1 heterocycles. The van der Waals surface area contributed by atoms with Gasteiger partial charge >= 0.3 is 0 Å². The van der Waals surface area contributed by atoms with E-state index in [2.05, 4.69) is 21.3 Å². The van der Waals surface area contributed by atoms with Gasteiger partial charge in [0, 0.05) is 5.56 Å². The van der Waals surface area contributed by atoms with Crippen molar-refractivity contribution in [2.75, 3.05) is 0 Å². The van der Waals surface area contributed by atoms with Gasteiger partial charge in [0.15, 0.2) is 0 Å². The second-order valence-electron chi connectivity index (χ2n) is 9.28. The van der Waals surface area contributed by atoms with E-state index >= 15 is 0 Å². The number of aromatic hydroxyl groups is 2. The van der Waals surface area contributed by atoms with E-state index in [1.807, 2.05) is 38.5 Å². The maximum absolute atomic E-state index is 13.3. The van der Waals surface area contributed by atoms with Crippen molar-refractivity contribution in [3.63, 3.8) is 0 Å². The highest BCUT2D eigenvalue weighted by atomic mass is 32.2. The molecule has 0 radical (unpaired) electrons. The molecule has 0 atom stereocenters. The monoisotopic (exact) mass is 518 g/mol. The second kappa shape index (κ2) is 13.2. The molecule has 2 aromatic rings. The van der Waals surface area contributed by atoms with E-state index in [-0.39, 0.29) is 40.4 Å². The molecular weight excluding hydrogens is 480 g/mol. The highest BCUT2D eigenvalue weighted by molar-refractivity contribution is 7.90. The molecule has 0 aliphatic heterocycles. The molecule has 9 nitrogen and oxygen atoms in total. The fraction of sp³-hybridized carbons (Fsp3) is 0.500. The number of aromatic nitrogens is 3. The van der Waals surface area contributed by atoms with Gasteiger partial charge in [0.1, 0.15) is 28.0 Å². The zero-order valence-corrected chi connectivity index (χ0v) is 22.6. The van der Waals surface area contributed by atoms with Crippen LogP contribution in [0, 0.1) is 6.92 Å². The smallest absolute Gasteiger partial charge is 0.268 e. The van der Waals surface area contributed by atoms with Crippen LogP contribution < -0.4 is 4.72 Å². The zero-order valence-electron chi connectivity index (χ0n) is 21.8. The minimum absolute atomic E-state index is 0.106. The third-order valence-corrected chi connectivity index (χ3v) is 7.19. The summed E-state index contributed by atoms with van der Waals surface area (Å²) in [4.78, 5) is 16.1. The van der Waals surface area contributed by atoms with Crippen molar-refractivity contribution in [3.8, 4) is 11.5 Å². The van der Waals surface area contributed by atoms with Crippen LogP contribution in [0.1, 0.15) is 82.6 Å². The second-order valence-corrected chi connectivity index (χ2v) is 10.9. The van der Waals surface area contributed by atoms with Crippen molar-refractivity contribution in [2.24, 2.45) is 0 Å². The molecule has 0 fully saturated rings. The Bertz CT molecular complexity index is 1230. The average Bonchev–Trinajstić information content (AvgIpc) is 3.16. The molecule has 36 heavy (non-hydrogen) atoms. The van der Waals surface area contributed by atoms with Gasteiger partial charge in [-0.25, -0.2) is 18.1 Å². The number of carbonyl (C=O) groups is 1. The van der Waals surface area contributed by atoms with E-state index in [0.717, 1.165) is 31.3 Å². The minimum atomic E-state index is -4.42. The summed E-state index contributed by atoms with van der Waals surface area (Å²) in [5.41, 5.74) is 2.65. The molecule has 0 saturated heterocycles. The number of aromatic amines is 1. The van der Waals surface area contributed by atoms with Crippen LogP contribution in [0.4, 0.5) is 0 Å². The third kappa shape index (κ3) is 8.51. The number of allylic oxidation sites excluding steroid dienone is 4. The number of phenols is 2. The molecule has 1 amide bonds. The summed E-state index contributed by atoms with van der Waals surface area (Å²) in [6.07, 6.45) is 8.29. The minimum Gasteiger partial charge on any atom is -0.508 e. The number of nitrogens with one attached hydrogen (secondary N) is 2. The molecule has 1 aromatic carbocycles. The number of sulfonamides is 1. The lowest BCUT2D eigenvalue weighted by Crippen LogP contribution is -2.33. The van der Waals surface area contributed by atoms with Crippen LogP contribution in [0.5, 0.6) is 11.5 Å². The quantitative estimate of drug-likeness (QED) is 0.225. The number of carbonyl (C=O) groups excluding carboxylic acids is 1. The maximum Gasteiger partial charge on any atom is 0.268 e. The van der Waals surface area contributed by atoms with Crippen molar-refractivity contribution in [3.05, 3.63) is 52.1 Å². The summed E-state index contributed by atoms with van der Waals surface area (Å²) < 4.78 is 28.6. The Kier molecular flexibility index (Phi) is 10.7. The Balaban J connectivity index is 2.38. The lowest BCUT2D eigenvalue weighted by molar-refractivity contribution is -0.118. The van der Waals surface area contributed by atoms with Gasteiger partial charge < -0.3 is 10.2 Å². The number of rotatable bonds is 13. The van der Waals surface area contributed by atoms with E-state index in [1.54, 1.807) is 6.92 Å². The van der Waals surface area contributed by atoms with Crippen LogP contribution in [0.15, 0.2) is 34.3 Å². The molecule has 1 aromatic heterocycles. The molecule has 0 unspecified atom stereocenters. The zero-order chi connectivity index (χ0) is 26.9. The Hall–Kier alpha value is -3.14. The van der Waals surface area contributed by atoms with Crippen LogP contribution >= 0.6 is 0 Å². The molecule has 0 aliphatic rings. The summed E-state index contributed by atoms with van der Waals surface area (Å²) in [5.74, 6) is -0.855. The van der Waals surface area contributed by atoms with E-state index in [4.69, 9.17) is 0 Å². The molecule has 0 aliphatic carbocycles. The molecule has 4 N–H and O–H groups in total. The normalized spacial score (nSPS) is 12.0. The SMILES string of the molecule is CCCCCc1cc(O)c(CC=C(C)CCC=C(C)C)c(O)c1S(=O)(=O)NC(=O)Cc1nc(C)n[nH]1. The first-order chi connectivity index (χ1) is 16.9. The first-order valence-corrected chi connectivity index (χ1v) is 13.7. The standard InChI is InChI=1S/C26H38N4O5S/c1-6-7-8-12-20-15-22(31)21(14-13-18(4)11-9-10-17(2)3)25(33)26(20)36(34,35)30-24(32)16-23-27-19(5)28-29-23/h10,13,15,31,33H,6-9,11-12,14,16H2,1-5H3,(H,30,32)(H,27,28,29). The number of unbranched alkanes of at least 4 members (excludes halogenated alkanes) is 2. The molecular formula is C26H38N4O5S. The van der Waals surface area contributed by atoms with E-state index < -0.39 is 21.7 Å². The molecule has 198 valence electrons. The van der Waals surface area contributed by atoms with Crippen molar-refractivity contribution < 1.29 is 23.4 Å². The fourth-order valence-electron chi connectivity index (χ4n) is 3.81. The first-order valence-electron chi connectivity index (χ1n) is 12.2. The van der Waals surface area contributed by atoms with Gasteiger partial charge in [0.25, 0.3) is 10.0 Å². The highest BCUT2D eigenvalue weighted by Gasteiger charge is 2.29. The summed E-state index contributed by atoms with van der Waals surface area (Å²) in [6.45, 7) is 9.68. The number of H-pyrrole nitrogens is 1. The van der Waals surface area contributed by atoms with Crippen LogP contribution in [0.2, 0.25) is 0 Å². The Morgan fingerprint density at radius 2 is 1.89 bits per heavy atom. The van der Waals surface area contributed by atoms with Crippen LogP contribution in [-0.4, -0.2) is 39.7 Å². The van der Waals surface area contributed by atoms with Gasteiger partial charge in [-0.2, -0.15) is 5.10 Å². The molecule has 2 rings (SSSR count). The predicted octanol–water partition coefficient (Wildman–Crippen LogP) is 4.54. The highest BCUT2D eigenvalue weighted by Crippen LogP contribution is 2.38. The van der Waals surface area contributed by atoms with Gasteiger partial charge in [0.2, 0.25) is 5.91 Å². The average molecular weight is 519 g/mol. The van der Waals surface area contributed by atoms with Crippen molar-refractivity contribution in [1.82, 2.24) is 19.9 Å². The maximum atomic E-state index is 13.3. The lowest BCUT2D eigenvalue weighted by atomic mass is 10.00. The van der Waals surface area contributed by atoms with Crippen LogP contribution in [0.25, 0.3) is 0 Å². The van der Waals surface area contributed by atoms with E-state index in [1.165, 1.54) is 11.6 Å². The summed E-state index contributed by atoms with van der Waals surface area (Å²) in [6, 6.07) is 1.38. The van der Waals surface area contributed by atoms with Gasteiger partial charge in [-0.3, -0.25) is 9.89 Å². The van der Waals surface area contributed by atoms with E-state index in [0.29, 0.717) is 18.7 Å². The number of amides is 1. The van der Waals surface area contributed by atoms with Crippen molar-refractivity contribution in [1.29, 1.82) is 0 Å².